The van der Waals surface area contributed by atoms with Gasteiger partial charge in [-0.05, 0) is 31.5 Å². The molecule has 0 radical (unpaired) electrons. The fourth-order valence-corrected chi connectivity index (χ4v) is 2.58. The normalized spacial score (nSPS) is 12.1. The Morgan fingerprint density at radius 1 is 1.60 bits per heavy atom. The van der Waals surface area contributed by atoms with E-state index in [1.165, 1.54) is 24.5 Å². The molecule has 134 valence electrons. The number of nitrogens with zero attached hydrogens (tertiary/aromatic N) is 2. The minimum atomic E-state index is -1.10. The fraction of sp³-hybridized carbons (Fsp3) is 0.267. The third-order valence-electron chi connectivity index (χ3n) is 2.87. The van der Waals surface area contributed by atoms with Crippen LogP contribution in [0.3, 0.4) is 0 Å². The number of carboxylic acid groups (broad SMARTS) is 1. The fourth-order valence-electron chi connectivity index (χ4n) is 1.77. The first-order valence-electron chi connectivity index (χ1n) is 7.26. The average Bonchev–Trinajstić information content (AvgIpc) is 2.96. The van der Waals surface area contributed by atoms with E-state index in [9.17, 15) is 4.79 Å². The summed E-state index contributed by atoms with van der Waals surface area (Å²) in [6.07, 6.45) is 0.462. The van der Waals surface area contributed by atoms with Crippen LogP contribution in [-0.4, -0.2) is 35.0 Å². The van der Waals surface area contributed by atoms with Gasteiger partial charge in [0.2, 0.25) is 5.13 Å². The second kappa shape index (κ2) is 8.54. The number of carbonyl (C=O) groups is 1. The highest BCUT2D eigenvalue weighted by molar-refractivity contribution is 7.14. The molecule has 0 aliphatic heterocycles. The van der Waals surface area contributed by atoms with Gasteiger partial charge in [-0.25, -0.2) is 9.78 Å². The number of ether oxygens (including phenoxy) is 2. The molecule has 0 aliphatic rings. The Morgan fingerprint density at radius 3 is 2.96 bits per heavy atom. The molecular formula is C15H17ClN4O4S. The molecule has 0 bridgehead atoms. The first kappa shape index (κ1) is 18.8. The lowest BCUT2D eigenvalue weighted by Crippen LogP contribution is -2.23. The number of aliphatic carboxylic acids is 1. The smallest absolute Gasteiger partial charge is 0.344 e. The largest absolute Gasteiger partial charge is 0.490 e. The second-order valence-electron chi connectivity index (χ2n) is 4.81. The third kappa shape index (κ3) is 5.23. The third-order valence-corrected chi connectivity index (χ3v) is 3.92. The zero-order valence-corrected chi connectivity index (χ0v) is 15.1. The van der Waals surface area contributed by atoms with Crippen LogP contribution >= 0.6 is 22.9 Å². The Labute approximate surface area is 153 Å². The van der Waals surface area contributed by atoms with Gasteiger partial charge in [0.25, 0.3) is 0 Å². The van der Waals surface area contributed by atoms with E-state index in [-0.39, 0.29) is 10.8 Å². The summed E-state index contributed by atoms with van der Waals surface area (Å²) < 4.78 is 10.9. The molecule has 1 atom stereocenters. The molecule has 2 rings (SSSR count). The highest BCUT2D eigenvalue weighted by atomic mass is 35.5. The summed E-state index contributed by atoms with van der Waals surface area (Å²) >= 11 is 7.54. The van der Waals surface area contributed by atoms with E-state index in [0.29, 0.717) is 28.9 Å². The zero-order valence-electron chi connectivity index (χ0n) is 13.5. The standard InChI is InChI=1S/C15H17ClN4O4S/c1-3-23-11-5-9(6-18-20-15-19-12(17)7-25-15)4-10(16)13(11)24-8(2)14(21)22/h4-8H,3,17H2,1-2H3,(H,19,20)(H,21,22). The van der Waals surface area contributed by atoms with Crippen molar-refractivity contribution in [2.24, 2.45) is 5.10 Å². The molecule has 2 aromatic rings. The van der Waals surface area contributed by atoms with Crippen LogP contribution < -0.4 is 20.6 Å². The Hall–Kier alpha value is -2.52. The van der Waals surface area contributed by atoms with Gasteiger partial charge in [-0.2, -0.15) is 5.10 Å². The monoisotopic (exact) mass is 384 g/mol. The van der Waals surface area contributed by atoms with Crippen LogP contribution in [0.5, 0.6) is 11.5 Å². The van der Waals surface area contributed by atoms with E-state index < -0.39 is 12.1 Å². The van der Waals surface area contributed by atoms with Gasteiger partial charge in [0.05, 0.1) is 17.8 Å². The predicted molar refractivity (Wildman–Crippen MR) is 98.1 cm³/mol. The van der Waals surface area contributed by atoms with Crippen LogP contribution in [0.4, 0.5) is 10.9 Å². The molecule has 0 fully saturated rings. The minimum absolute atomic E-state index is 0.177. The van der Waals surface area contributed by atoms with Crippen LogP contribution in [0.25, 0.3) is 0 Å². The predicted octanol–water partition coefficient (Wildman–Crippen LogP) is 3.08. The summed E-state index contributed by atoms with van der Waals surface area (Å²) in [5.74, 6) is -0.172. The lowest BCUT2D eigenvalue weighted by molar-refractivity contribution is -0.144. The first-order chi connectivity index (χ1) is 11.9. The zero-order chi connectivity index (χ0) is 18.4. The second-order valence-corrected chi connectivity index (χ2v) is 6.07. The minimum Gasteiger partial charge on any atom is -0.490 e. The van der Waals surface area contributed by atoms with Crippen molar-refractivity contribution >= 4 is 46.1 Å². The van der Waals surface area contributed by atoms with Crippen molar-refractivity contribution in [2.75, 3.05) is 17.8 Å². The van der Waals surface area contributed by atoms with Gasteiger partial charge in [0, 0.05) is 5.38 Å². The van der Waals surface area contributed by atoms with E-state index in [0.717, 1.165) is 0 Å². The van der Waals surface area contributed by atoms with Crippen LogP contribution in [0, 0.1) is 0 Å². The summed E-state index contributed by atoms with van der Waals surface area (Å²) in [5.41, 5.74) is 8.92. The van der Waals surface area contributed by atoms with Gasteiger partial charge < -0.3 is 20.3 Å². The molecule has 0 aliphatic carbocycles. The van der Waals surface area contributed by atoms with Crippen LogP contribution in [0.1, 0.15) is 19.4 Å². The Morgan fingerprint density at radius 2 is 2.36 bits per heavy atom. The number of nitrogens with one attached hydrogen (secondary N) is 1. The molecule has 0 amide bonds. The van der Waals surface area contributed by atoms with E-state index in [2.05, 4.69) is 15.5 Å². The molecule has 1 unspecified atom stereocenters. The van der Waals surface area contributed by atoms with Gasteiger partial charge in [0.15, 0.2) is 17.6 Å². The van der Waals surface area contributed by atoms with E-state index in [1.807, 2.05) is 0 Å². The van der Waals surface area contributed by atoms with Crippen molar-refractivity contribution in [3.8, 4) is 11.5 Å². The number of carboxylic acids is 1. The number of nitrogen functional groups attached to an aromatic ring is 1. The number of aromatic nitrogens is 1. The van der Waals surface area contributed by atoms with Crippen LogP contribution in [0.15, 0.2) is 22.6 Å². The molecule has 4 N–H and O–H groups in total. The highest BCUT2D eigenvalue weighted by Gasteiger charge is 2.19. The first-order valence-corrected chi connectivity index (χ1v) is 8.52. The van der Waals surface area contributed by atoms with Gasteiger partial charge in [-0.3, -0.25) is 5.43 Å². The van der Waals surface area contributed by atoms with Gasteiger partial charge in [0.1, 0.15) is 5.82 Å². The Bertz CT molecular complexity index is 781. The highest BCUT2D eigenvalue weighted by Crippen LogP contribution is 2.37. The molecule has 1 aromatic heterocycles. The number of thiazole rings is 1. The van der Waals surface area contributed by atoms with Gasteiger partial charge in [-0.1, -0.05) is 11.6 Å². The summed E-state index contributed by atoms with van der Waals surface area (Å²) in [6, 6.07) is 3.25. The summed E-state index contributed by atoms with van der Waals surface area (Å²) in [6.45, 7) is 3.58. The Balaban J connectivity index is 2.20. The molecule has 1 heterocycles. The van der Waals surface area contributed by atoms with Crippen molar-refractivity contribution in [1.82, 2.24) is 4.98 Å². The van der Waals surface area contributed by atoms with Gasteiger partial charge >= 0.3 is 5.97 Å². The lowest BCUT2D eigenvalue weighted by Gasteiger charge is -2.16. The number of hydrogen-bond acceptors (Lipinski definition) is 8. The summed E-state index contributed by atoms with van der Waals surface area (Å²) in [4.78, 5) is 15.0. The van der Waals surface area contributed by atoms with E-state index >= 15 is 0 Å². The van der Waals surface area contributed by atoms with Crippen molar-refractivity contribution in [1.29, 1.82) is 0 Å². The number of halogens is 1. The maximum absolute atomic E-state index is 11.0. The maximum atomic E-state index is 11.0. The molecule has 25 heavy (non-hydrogen) atoms. The maximum Gasteiger partial charge on any atom is 0.344 e. The van der Waals surface area contributed by atoms with Crippen molar-refractivity contribution in [2.45, 2.75) is 20.0 Å². The van der Waals surface area contributed by atoms with E-state index in [1.54, 1.807) is 24.4 Å². The van der Waals surface area contributed by atoms with Crippen LogP contribution in [-0.2, 0) is 4.79 Å². The van der Waals surface area contributed by atoms with Crippen molar-refractivity contribution < 1.29 is 19.4 Å². The molecular weight excluding hydrogens is 368 g/mol. The van der Waals surface area contributed by atoms with Crippen molar-refractivity contribution in [3.05, 3.63) is 28.1 Å². The lowest BCUT2D eigenvalue weighted by atomic mass is 10.2. The molecule has 8 nitrogen and oxygen atoms in total. The molecule has 0 saturated heterocycles. The van der Waals surface area contributed by atoms with E-state index in [4.69, 9.17) is 31.9 Å². The van der Waals surface area contributed by atoms with Crippen molar-refractivity contribution in [3.63, 3.8) is 0 Å². The molecule has 10 heteroatoms. The number of hydrogen-bond donors (Lipinski definition) is 3. The Kier molecular flexibility index (Phi) is 6.43. The summed E-state index contributed by atoms with van der Waals surface area (Å²) in [7, 11) is 0. The number of benzene rings is 1. The number of hydrazone groups is 1. The number of rotatable bonds is 8. The molecule has 1 aromatic carbocycles. The van der Waals surface area contributed by atoms with Crippen LogP contribution in [0.2, 0.25) is 5.02 Å². The quantitative estimate of drug-likeness (QED) is 0.472. The average molecular weight is 385 g/mol. The molecule has 0 spiro atoms. The summed E-state index contributed by atoms with van der Waals surface area (Å²) in [5, 5.41) is 15.5. The SMILES string of the molecule is CCOc1cc(C=NNc2nc(N)cs2)cc(Cl)c1OC(C)C(=O)O. The topological polar surface area (TPSA) is 119 Å². The van der Waals surface area contributed by atoms with Gasteiger partial charge in [-0.15, -0.1) is 11.3 Å². The molecule has 0 saturated carbocycles. The number of nitrogens with two attached hydrogens (primary N) is 1. The number of anilines is 2.